The summed E-state index contributed by atoms with van der Waals surface area (Å²) in [6, 6.07) is 2.32. The van der Waals surface area contributed by atoms with Crippen molar-refractivity contribution in [1.29, 1.82) is 0 Å². The minimum Gasteiger partial charge on any atom is -0.507 e. The normalized spacial score (nSPS) is 13.4. The Kier molecular flexibility index (Phi) is 5.72. The van der Waals surface area contributed by atoms with E-state index in [1.165, 1.54) is 14.0 Å². The Hall–Kier alpha value is -2.08. The fourth-order valence-electron chi connectivity index (χ4n) is 2.06. The highest BCUT2D eigenvalue weighted by atomic mass is 16.5. The molecule has 1 aromatic rings. The summed E-state index contributed by atoms with van der Waals surface area (Å²) in [7, 11) is 1.19. The van der Waals surface area contributed by atoms with Crippen molar-refractivity contribution >= 4 is 11.9 Å². The lowest BCUT2D eigenvalue weighted by Gasteiger charge is -2.19. The van der Waals surface area contributed by atoms with E-state index in [9.17, 15) is 19.8 Å². The number of methoxy groups -OCH3 is 1. The Labute approximate surface area is 123 Å². The predicted octanol–water partition coefficient (Wildman–Crippen LogP) is 0.590. The average molecular weight is 295 g/mol. The topological polar surface area (TPSA) is 95.9 Å². The molecule has 0 aliphatic carbocycles. The molecule has 3 N–H and O–H groups in total. The van der Waals surface area contributed by atoms with E-state index in [0.717, 1.165) is 5.56 Å². The van der Waals surface area contributed by atoms with Gasteiger partial charge in [-0.2, -0.15) is 0 Å². The molecule has 0 heterocycles. The summed E-state index contributed by atoms with van der Waals surface area (Å²) < 4.78 is 4.53. The van der Waals surface area contributed by atoms with E-state index in [4.69, 9.17) is 0 Å². The van der Waals surface area contributed by atoms with Crippen molar-refractivity contribution in [3.05, 3.63) is 28.8 Å². The van der Waals surface area contributed by atoms with Gasteiger partial charge in [0, 0.05) is 0 Å². The second-order valence-electron chi connectivity index (χ2n) is 5.06. The molecule has 0 saturated carbocycles. The summed E-state index contributed by atoms with van der Waals surface area (Å²) in [5.74, 6) is -0.900. The minimum absolute atomic E-state index is 0.0438. The number of hydrogen-bond acceptors (Lipinski definition) is 5. The first-order valence-corrected chi connectivity index (χ1v) is 6.60. The number of carbonyl (C=O) groups excluding carboxylic acids is 2. The number of hydrogen-bond donors (Lipinski definition) is 3. The van der Waals surface area contributed by atoms with E-state index < -0.39 is 24.0 Å². The fraction of sp³-hybridized carbons (Fsp3) is 0.467. The number of ether oxygens (including phenoxy) is 1. The van der Waals surface area contributed by atoms with Gasteiger partial charge in [-0.1, -0.05) is 12.1 Å². The van der Waals surface area contributed by atoms with Gasteiger partial charge in [-0.15, -0.1) is 0 Å². The van der Waals surface area contributed by atoms with Gasteiger partial charge in [-0.3, -0.25) is 4.79 Å². The van der Waals surface area contributed by atoms with Crippen LogP contribution < -0.4 is 5.32 Å². The van der Waals surface area contributed by atoms with E-state index in [1.807, 2.05) is 0 Å². The third kappa shape index (κ3) is 4.46. The molecule has 0 aliphatic rings. The summed E-state index contributed by atoms with van der Waals surface area (Å²) in [4.78, 5) is 23.4. The zero-order chi connectivity index (χ0) is 16.2. The zero-order valence-electron chi connectivity index (χ0n) is 12.6. The molecule has 0 radical (unpaired) electrons. The van der Waals surface area contributed by atoms with Gasteiger partial charge in [-0.25, -0.2) is 4.79 Å². The van der Waals surface area contributed by atoms with Crippen molar-refractivity contribution in [1.82, 2.24) is 5.32 Å². The Morgan fingerprint density at radius 3 is 2.24 bits per heavy atom. The largest absolute Gasteiger partial charge is 0.507 e. The number of rotatable bonds is 5. The number of phenols is 1. The molecular formula is C15H21NO5. The van der Waals surface area contributed by atoms with Crippen LogP contribution in [0.4, 0.5) is 0 Å². The molecule has 1 aromatic carbocycles. The zero-order valence-corrected chi connectivity index (χ0v) is 12.6. The van der Waals surface area contributed by atoms with Gasteiger partial charge in [0.1, 0.15) is 5.75 Å². The number of esters is 1. The van der Waals surface area contributed by atoms with E-state index in [1.54, 1.807) is 26.0 Å². The maximum Gasteiger partial charge on any atom is 0.331 e. The van der Waals surface area contributed by atoms with Crippen LogP contribution in [0.1, 0.15) is 23.6 Å². The third-order valence-electron chi connectivity index (χ3n) is 3.17. The molecule has 0 bridgehead atoms. The highest BCUT2D eigenvalue weighted by molar-refractivity contribution is 5.86. The van der Waals surface area contributed by atoms with Crippen LogP contribution in [0.2, 0.25) is 0 Å². The van der Waals surface area contributed by atoms with E-state index in [2.05, 4.69) is 10.1 Å². The van der Waals surface area contributed by atoms with Gasteiger partial charge in [0.2, 0.25) is 5.91 Å². The van der Waals surface area contributed by atoms with Crippen LogP contribution in [0.25, 0.3) is 0 Å². The molecule has 1 rings (SSSR count). The second kappa shape index (κ2) is 7.08. The molecule has 6 heteroatoms. The number of nitrogens with one attached hydrogen (secondary N) is 1. The lowest BCUT2D eigenvalue weighted by Crippen LogP contribution is -2.48. The SMILES string of the molecule is COC(=O)C(NC(=O)Cc1cc(C)c(O)c(C)c1)C(C)O. The van der Waals surface area contributed by atoms with Crippen LogP contribution in [0.3, 0.4) is 0 Å². The molecule has 1 amide bonds. The van der Waals surface area contributed by atoms with E-state index >= 15 is 0 Å². The Bertz CT molecular complexity index is 516. The number of amides is 1. The Morgan fingerprint density at radius 1 is 1.29 bits per heavy atom. The first-order chi connectivity index (χ1) is 9.76. The number of carbonyl (C=O) groups is 2. The Balaban J connectivity index is 2.79. The van der Waals surface area contributed by atoms with Gasteiger partial charge in [0.15, 0.2) is 6.04 Å². The second-order valence-corrected chi connectivity index (χ2v) is 5.06. The van der Waals surface area contributed by atoms with Gasteiger partial charge in [0.25, 0.3) is 0 Å². The fourth-order valence-corrected chi connectivity index (χ4v) is 2.06. The highest BCUT2D eigenvalue weighted by Gasteiger charge is 2.26. The summed E-state index contributed by atoms with van der Waals surface area (Å²) >= 11 is 0. The molecule has 21 heavy (non-hydrogen) atoms. The molecule has 0 aliphatic heterocycles. The Morgan fingerprint density at radius 2 is 1.81 bits per heavy atom. The van der Waals surface area contributed by atoms with Crippen LogP contribution in [-0.4, -0.2) is 41.3 Å². The number of aromatic hydroxyl groups is 1. The van der Waals surface area contributed by atoms with Gasteiger partial charge in [-0.05, 0) is 37.5 Å². The summed E-state index contributed by atoms with van der Waals surface area (Å²) in [6.07, 6.45) is -1.01. The van der Waals surface area contributed by atoms with Gasteiger partial charge in [0.05, 0.1) is 19.6 Å². The maximum atomic E-state index is 12.0. The quantitative estimate of drug-likeness (QED) is 0.691. The molecule has 0 aromatic heterocycles. The first kappa shape index (κ1) is 17.0. The first-order valence-electron chi connectivity index (χ1n) is 6.60. The van der Waals surface area contributed by atoms with Crippen molar-refractivity contribution in [2.45, 2.75) is 39.3 Å². The van der Waals surface area contributed by atoms with Crippen molar-refractivity contribution in [2.75, 3.05) is 7.11 Å². The summed E-state index contributed by atoms with van der Waals surface area (Å²) in [6.45, 7) is 4.89. The highest BCUT2D eigenvalue weighted by Crippen LogP contribution is 2.23. The van der Waals surface area contributed by atoms with Crippen molar-refractivity contribution < 1.29 is 24.5 Å². The number of aliphatic hydroxyl groups is 1. The number of aryl methyl sites for hydroxylation is 2. The predicted molar refractivity (Wildman–Crippen MR) is 76.9 cm³/mol. The maximum absolute atomic E-state index is 12.0. The number of aliphatic hydroxyl groups excluding tert-OH is 1. The van der Waals surface area contributed by atoms with Crippen LogP contribution in [0, 0.1) is 13.8 Å². The molecular weight excluding hydrogens is 274 g/mol. The van der Waals surface area contributed by atoms with E-state index in [-0.39, 0.29) is 12.2 Å². The lowest BCUT2D eigenvalue weighted by molar-refractivity contribution is -0.148. The smallest absolute Gasteiger partial charge is 0.331 e. The van der Waals surface area contributed by atoms with Crippen LogP contribution >= 0.6 is 0 Å². The van der Waals surface area contributed by atoms with Gasteiger partial charge < -0.3 is 20.3 Å². The average Bonchev–Trinajstić information content (AvgIpc) is 2.40. The van der Waals surface area contributed by atoms with Crippen molar-refractivity contribution in [2.24, 2.45) is 0 Å². The van der Waals surface area contributed by atoms with E-state index in [0.29, 0.717) is 11.1 Å². The standard InChI is InChI=1S/C15H21NO5/c1-8-5-11(6-9(2)14(8)19)7-12(18)16-13(10(3)17)15(20)21-4/h5-6,10,13,17,19H,7H2,1-4H3,(H,16,18). The molecule has 6 nitrogen and oxygen atoms in total. The third-order valence-corrected chi connectivity index (χ3v) is 3.17. The molecule has 0 spiro atoms. The molecule has 2 atom stereocenters. The van der Waals surface area contributed by atoms with Crippen LogP contribution in [0.15, 0.2) is 12.1 Å². The lowest BCUT2D eigenvalue weighted by atomic mass is 10.0. The monoisotopic (exact) mass is 295 g/mol. The minimum atomic E-state index is -1.10. The van der Waals surface area contributed by atoms with Gasteiger partial charge >= 0.3 is 5.97 Å². The van der Waals surface area contributed by atoms with Crippen molar-refractivity contribution in [3.8, 4) is 5.75 Å². The molecule has 0 saturated heterocycles. The molecule has 2 unspecified atom stereocenters. The van der Waals surface area contributed by atoms with Crippen LogP contribution in [-0.2, 0) is 20.7 Å². The number of benzene rings is 1. The molecule has 116 valence electrons. The number of phenolic OH excluding ortho intramolecular Hbond substituents is 1. The summed E-state index contributed by atoms with van der Waals surface area (Å²) in [5.41, 5.74) is 2.07. The summed E-state index contributed by atoms with van der Waals surface area (Å²) in [5, 5.41) is 21.6. The van der Waals surface area contributed by atoms with Crippen LogP contribution in [0.5, 0.6) is 5.75 Å². The van der Waals surface area contributed by atoms with Crippen molar-refractivity contribution in [3.63, 3.8) is 0 Å². The molecule has 0 fully saturated rings.